The van der Waals surface area contributed by atoms with Gasteiger partial charge in [0.25, 0.3) is 0 Å². The van der Waals surface area contributed by atoms with Crippen LogP contribution in [-0.4, -0.2) is 35.3 Å². The molecule has 7 nitrogen and oxygen atoms in total. The highest BCUT2D eigenvalue weighted by molar-refractivity contribution is 6.47. The number of carbonyl (C=O) groups is 2. The molecule has 0 radical (unpaired) electrons. The Kier molecular flexibility index (Phi) is 4.87. The molecule has 0 spiro atoms. The Morgan fingerprint density at radius 3 is 2.72 bits per heavy atom. The topological polar surface area (TPSA) is 101 Å². The number of hydrogen-bond donors (Lipinski definition) is 2. The van der Waals surface area contributed by atoms with Crippen LogP contribution in [0, 0.1) is 0 Å². The molecule has 0 bridgehead atoms. The van der Waals surface area contributed by atoms with Gasteiger partial charge in [0.1, 0.15) is 12.8 Å². The van der Waals surface area contributed by atoms with E-state index in [1.165, 1.54) is 13.2 Å². The van der Waals surface area contributed by atoms with Crippen molar-refractivity contribution >= 4 is 47.1 Å². The SMILES string of the molecule is CON=C(C(=O)O)c1nc(NC=O)c(Cl)cc1Cl. The second-order valence-electron chi connectivity index (χ2n) is 2.84. The summed E-state index contributed by atoms with van der Waals surface area (Å²) in [5, 5.41) is 14.5. The number of pyridine rings is 1. The summed E-state index contributed by atoms with van der Waals surface area (Å²) in [7, 11) is 1.18. The molecule has 0 aliphatic rings. The van der Waals surface area contributed by atoms with E-state index in [1.807, 2.05) is 0 Å². The third-order valence-corrected chi connectivity index (χ3v) is 2.31. The van der Waals surface area contributed by atoms with Crippen LogP contribution in [-0.2, 0) is 14.4 Å². The Morgan fingerprint density at radius 1 is 1.56 bits per heavy atom. The monoisotopic (exact) mass is 291 g/mol. The molecule has 1 heterocycles. The number of carbonyl (C=O) groups excluding carboxylic acids is 1. The lowest BCUT2D eigenvalue weighted by Gasteiger charge is -2.07. The van der Waals surface area contributed by atoms with E-state index in [0.717, 1.165) is 0 Å². The number of aliphatic carboxylic acids is 1. The zero-order valence-electron chi connectivity index (χ0n) is 8.98. The first-order chi connectivity index (χ1) is 8.51. The van der Waals surface area contributed by atoms with E-state index >= 15 is 0 Å². The first kappa shape index (κ1) is 14.2. The number of carboxylic acids is 1. The molecule has 0 unspecified atom stereocenters. The second kappa shape index (κ2) is 6.18. The Bertz CT molecular complexity index is 519. The number of amides is 1. The summed E-state index contributed by atoms with van der Waals surface area (Å²) in [6.45, 7) is 0. The highest BCUT2D eigenvalue weighted by Gasteiger charge is 2.21. The summed E-state index contributed by atoms with van der Waals surface area (Å²) in [5.41, 5.74) is -0.673. The fourth-order valence-corrected chi connectivity index (χ4v) is 1.57. The third-order valence-electron chi connectivity index (χ3n) is 1.73. The number of halogens is 2. The minimum absolute atomic E-state index is 0.0314. The Labute approximate surface area is 111 Å². The van der Waals surface area contributed by atoms with Crippen molar-refractivity contribution in [2.24, 2.45) is 5.16 Å². The molecule has 0 saturated carbocycles. The highest BCUT2D eigenvalue weighted by atomic mass is 35.5. The highest BCUT2D eigenvalue weighted by Crippen LogP contribution is 2.26. The average Bonchev–Trinajstić information content (AvgIpc) is 2.30. The molecule has 18 heavy (non-hydrogen) atoms. The quantitative estimate of drug-likeness (QED) is 0.485. The van der Waals surface area contributed by atoms with E-state index in [0.29, 0.717) is 6.41 Å². The van der Waals surface area contributed by atoms with E-state index in [2.05, 4.69) is 20.3 Å². The molecule has 1 rings (SSSR count). The van der Waals surface area contributed by atoms with Gasteiger partial charge in [0.15, 0.2) is 5.82 Å². The normalized spacial score (nSPS) is 10.9. The predicted molar refractivity (Wildman–Crippen MR) is 65.1 cm³/mol. The van der Waals surface area contributed by atoms with E-state index < -0.39 is 11.7 Å². The average molecular weight is 292 g/mol. The van der Waals surface area contributed by atoms with Gasteiger partial charge in [-0.1, -0.05) is 28.4 Å². The molecule has 0 aromatic carbocycles. The lowest BCUT2D eigenvalue weighted by atomic mass is 10.2. The van der Waals surface area contributed by atoms with Gasteiger partial charge < -0.3 is 15.3 Å². The molecule has 0 aliphatic heterocycles. The molecule has 0 atom stereocenters. The number of oxime groups is 1. The number of nitrogens with zero attached hydrogens (tertiary/aromatic N) is 2. The maximum absolute atomic E-state index is 11.0. The lowest BCUT2D eigenvalue weighted by Crippen LogP contribution is -2.18. The van der Waals surface area contributed by atoms with Crippen LogP contribution in [0.25, 0.3) is 0 Å². The van der Waals surface area contributed by atoms with Gasteiger partial charge in [-0.2, -0.15) is 0 Å². The van der Waals surface area contributed by atoms with Crippen LogP contribution in [0.1, 0.15) is 5.69 Å². The minimum atomic E-state index is -1.38. The third kappa shape index (κ3) is 3.08. The van der Waals surface area contributed by atoms with Crippen molar-refractivity contribution in [1.29, 1.82) is 0 Å². The number of rotatable bonds is 5. The van der Waals surface area contributed by atoms with Gasteiger partial charge in [-0.25, -0.2) is 9.78 Å². The van der Waals surface area contributed by atoms with Crippen LogP contribution in [0.3, 0.4) is 0 Å². The summed E-state index contributed by atoms with van der Waals surface area (Å²) in [6, 6.07) is 1.24. The number of anilines is 1. The summed E-state index contributed by atoms with van der Waals surface area (Å²) in [4.78, 5) is 29.5. The molecule has 2 N–H and O–H groups in total. The molecule has 96 valence electrons. The number of carboxylic acid groups (broad SMARTS) is 1. The smallest absolute Gasteiger partial charge is 0.360 e. The van der Waals surface area contributed by atoms with Crippen LogP contribution in [0.5, 0.6) is 0 Å². The summed E-state index contributed by atoms with van der Waals surface area (Å²) in [6.07, 6.45) is 0.347. The molecular weight excluding hydrogens is 285 g/mol. The van der Waals surface area contributed by atoms with E-state index in [9.17, 15) is 9.59 Å². The van der Waals surface area contributed by atoms with Gasteiger partial charge in [-0.3, -0.25) is 4.79 Å². The van der Waals surface area contributed by atoms with Crippen LogP contribution in [0.4, 0.5) is 5.82 Å². The van der Waals surface area contributed by atoms with Crippen molar-refractivity contribution in [3.05, 3.63) is 21.8 Å². The van der Waals surface area contributed by atoms with Gasteiger partial charge in [0.05, 0.1) is 10.0 Å². The van der Waals surface area contributed by atoms with E-state index in [4.69, 9.17) is 28.3 Å². The molecule has 0 fully saturated rings. The molecule has 0 saturated heterocycles. The van der Waals surface area contributed by atoms with Gasteiger partial charge in [-0.05, 0) is 6.07 Å². The lowest BCUT2D eigenvalue weighted by molar-refractivity contribution is -0.129. The first-order valence-electron chi connectivity index (χ1n) is 4.42. The molecule has 1 amide bonds. The van der Waals surface area contributed by atoms with Crippen molar-refractivity contribution < 1.29 is 19.5 Å². The molecule has 9 heteroatoms. The fraction of sp³-hybridized carbons (Fsp3) is 0.111. The van der Waals surface area contributed by atoms with Gasteiger partial charge in [0, 0.05) is 0 Å². The maximum Gasteiger partial charge on any atom is 0.360 e. The van der Waals surface area contributed by atoms with Crippen molar-refractivity contribution in [3.8, 4) is 0 Å². The maximum atomic E-state index is 11.0. The molecular formula is C9H7Cl2N3O4. The number of aromatic nitrogens is 1. The van der Waals surface area contributed by atoms with Gasteiger partial charge in [-0.15, -0.1) is 0 Å². The van der Waals surface area contributed by atoms with Crippen LogP contribution >= 0.6 is 23.2 Å². The zero-order chi connectivity index (χ0) is 13.7. The van der Waals surface area contributed by atoms with Gasteiger partial charge in [0.2, 0.25) is 12.1 Å². The molecule has 1 aromatic rings. The van der Waals surface area contributed by atoms with Crippen LogP contribution in [0.15, 0.2) is 11.2 Å². The van der Waals surface area contributed by atoms with Crippen molar-refractivity contribution in [3.63, 3.8) is 0 Å². The van der Waals surface area contributed by atoms with Crippen molar-refractivity contribution in [2.75, 3.05) is 12.4 Å². The minimum Gasteiger partial charge on any atom is -0.476 e. The van der Waals surface area contributed by atoms with Crippen molar-refractivity contribution in [1.82, 2.24) is 4.98 Å². The first-order valence-corrected chi connectivity index (χ1v) is 5.17. The Morgan fingerprint density at radius 2 is 2.22 bits per heavy atom. The fourth-order valence-electron chi connectivity index (χ4n) is 1.06. The van der Waals surface area contributed by atoms with Crippen LogP contribution in [0.2, 0.25) is 10.0 Å². The number of nitrogens with one attached hydrogen (secondary N) is 1. The Balaban J connectivity index is 3.38. The number of hydrogen-bond acceptors (Lipinski definition) is 5. The van der Waals surface area contributed by atoms with Gasteiger partial charge >= 0.3 is 5.97 Å². The van der Waals surface area contributed by atoms with Crippen LogP contribution < -0.4 is 5.32 Å². The Hall–Kier alpha value is -1.86. The summed E-state index contributed by atoms with van der Waals surface area (Å²) >= 11 is 11.6. The predicted octanol–water partition coefficient (Wildman–Crippen LogP) is 1.39. The van der Waals surface area contributed by atoms with Crippen molar-refractivity contribution in [2.45, 2.75) is 0 Å². The largest absolute Gasteiger partial charge is 0.476 e. The standard InChI is InChI=1S/C9H7Cl2N3O4/c1-18-14-7(9(16)17)6-4(10)2-5(11)8(13-6)12-3-15/h2-3H,1H3,(H,16,17)(H,12,13,15). The zero-order valence-corrected chi connectivity index (χ0v) is 10.5. The van der Waals surface area contributed by atoms with E-state index in [-0.39, 0.29) is 21.6 Å². The molecule has 1 aromatic heterocycles. The second-order valence-corrected chi connectivity index (χ2v) is 3.65. The van der Waals surface area contributed by atoms with E-state index in [1.54, 1.807) is 0 Å². The summed E-state index contributed by atoms with van der Waals surface area (Å²) < 4.78 is 0. The summed E-state index contributed by atoms with van der Waals surface area (Å²) in [5.74, 6) is -1.42. The molecule has 0 aliphatic carbocycles.